The van der Waals surface area contributed by atoms with Gasteiger partial charge in [0.25, 0.3) is 0 Å². The second kappa shape index (κ2) is 6.89. The van der Waals surface area contributed by atoms with Crippen LogP contribution in [-0.4, -0.2) is 21.3 Å². The van der Waals surface area contributed by atoms with Crippen molar-refractivity contribution in [2.24, 2.45) is 0 Å². The van der Waals surface area contributed by atoms with Gasteiger partial charge in [-0.3, -0.25) is 9.67 Å². The first-order valence-electron chi connectivity index (χ1n) is 6.61. The number of pyridine rings is 1. The Kier molecular flexibility index (Phi) is 4.92. The van der Waals surface area contributed by atoms with E-state index in [1.54, 1.807) is 6.20 Å². The molecule has 5 nitrogen and oxygen atoms in total. The summed E-state index contributed by atoms with van der Waals surface area (Å²) in [6, 6.07) is 3.93. The summed E-state index contributed by atoms with van der Waals surface area (Å²) in [7, 11) is 0. The minimum atomic E-state index is 0.522. The first-order chi connectivity index (χ1) is 9.31. The van der Waals surface area contributed by atoms with E-state index < -0.39 is 0 Å². The van der Waals surface area contributed by atoms with E-state index in [1.165, 1.54) is 0 Å². The van der Waals surface area contributed by atoms with Crippen LogP contribution in [0.1, 0.15) is 25.1 Å². The fraction of sp³-hybridized carbons (Fsp3) is 0.429. The Morgan fingerprint density at radius 3 is 2.79 bits per heavy atom. The SMILES string of the molecule is CCNCc1ccc(OCc2cnn(CC)c2)cn1. The van der Waals surface area contributed by atoms with Crippen molar-refractivity contribution in [3.05, 3.63) is 42.0 Å². The number of ether oxygens (including phenoxy) is 1. The number of nitrogens with zero attached hydrogens (tertiary/aromatic N) is 3. The molecule has 0 spiro atoms. The molecule has 0 saturated carbocycles. The normalized spacial score (nSPS) is 10.6. The molecule has 0 aliphatic heterocycles. The van der Waals surface area contributed by atoms with Crippen LogP contribution >= 0.6 is 0 Å². The Balaban J connectivity index is 1.85. The third kappa shape index (κ3) is 4.06. The molecule has 2 aromatic heterocycles. The molecular formula is C14H20N4O. The van der Waals surface area contributed by atoms with Crippen LogP contribution in [0.4, 0.5) is 0 Å². The Morgan fingerprint density at radius 2 is 2.16 bits per heavy atom. The lowest BCUT2D eigenvalue weighted by atomic mass is 10.3. The van der Waals surface area contributed by atoms with Crippen LogP contribution in [-0.2, 0) is 19.7 Å². The molecule has 2 heterocycles. The molecule has 2 rings (SSSR count). The highest BCUT2D eigenvalue weighted by molar-refractivity contribution is 5.20. The zero-order chi connectivity index (χ0) is 13.5. The summed E-state index contributed by atoms with van der Waals surface area (Å²) in [6.07, 6.45) is 5.58. The number of hydrogen-bond acceptors (Lipinski definition) is 4. The molecule has 0 aliphatic carbocycles. The molecular weight excluding hydrogens is 240 g/mol. The lowest BCUT2D eigenvalue weighted by Gasteiger charge is -2.05. The molecule has 5 heteroatoms. The highest BCUT2D eigenvalue weighted by Crippen LogP contribution is 2.11. The van der Waals surface area contributed by atoms with Gasteiger partial charge in [0.1, 0.15) is 12.4 Å². The lowest BCUT2D eigenvalue weighted by Crippen LogP contribution is -2.12. The van der Waals surface area contributed by atoms with Crippen LogP contribution in [0.2, 0.25) is 0 Å². The van der Waals surface area contributed by atoms with Crippen molar-refractivity contribution in [1.29, 1.82) is 0 Å². The van der Waals surface area contributed by atoms with Gasteiger partial charge in [-0.15, -0.1) is 0 Å². The van der Waals surface area contributed by atoms with Crippen LogP contribution in [0.3, 0.4) is 0 Å². The van der Waals surface area contributed by atoms with Crippen molar-refractivity contribution in [3.63, 3.8) is 0 Å². The predicted molar refractivity (Wildman–Crippen MR) is 73.9 cm³/mol. The van der Waals surface area contributed by atoms with Crippen LogP contribution in [0.25, 0.3) is 0 Å². The number of nitrogens with one attached hydrogen (secondary N) is 1. The number of aromatic nitrogens is 3. The molecule has 0 saturated heterocycles. The van der Waals surface area contributed by atoms with E-state index in [4.69, 9.17) is 4.74 Å². The van der Waals surface area contributed by atoms with Crippen molar-refractivity contribution >= 4 is 0 Å². The van der Waals surface area contributed by atoms with Crippen LogP contribution in [0.5, 0.6) is 5.75 Å². The van der Waals surface area contributed by atoms with Crippen molar-refractivity contribution in [3.8, 4) is 5.75 Å². The molecule has 0 atom stereocenters. The van der Waals surface area contributed by atoms with Gasteiger partial charge in [-0.1, -0.05) is 6.92 Å². The Hall–Kier alpha value is -1.88. The number of hydrogen-bond donors (Lipinski definition) is 1. The van der Waals surface area contributed by atoms with E-state index in [9.17, 15) is 0 Å². The van der Waals surface area contributed by atoms with Crippen molar-refractivity contribution in [2.75, 3.05) is 6.54 Å². The van der Waals surface area contributed by atoms with Crippen molar-refractivity contribution < 1.29 is 4.74 Å². The van der Waals surface area contributed by atoms with E-state index in [0.29, 0.717) is 6.61 Å². The lowest BCUT2D eigenvalue weighted by molar-refractivity contribution is 0.304. The summed E-state index contributed by atoms with van der Waals surface area (Å²) >= 11 is 0. The molecule has 0 aromatic carbocycles. The molecule has 0 unspecified atom stereocenters. The van der Waals surface area contributed by atoms with E-state index in [0.717, 1.165) is 36.6 Å². The highest BCUT2D eigenvalue weighted by Gasteiger charge is 2.00. The molecule has 0 radical (unpaired) electrons. The van der Waals surface area contributed by atoms with E-state index in [-0.39, 0.29) is 0 Å². The second-order valence-corrected chi connectivity index (χ2v) is 4.26. The summed E-state index contributed by atoms with van der Waals surface area (Å²) in [5.74, 6) is 0.782. The molecule has 2 aromatic rings. The van der Waals surface area contributed by atoms with Crippen LogP contribution < -0.4 is 10.1 Å². The largest absolute Gasteiger partial charge is 0.487 e. The molecule has 0 fully saturated rings. The Labute approximate surface area is 113 Å². The monoisotopic (exact) mass is 260 g/mol. The van der Waals surface area contributed by atoms with Crippen molar-refractivity contribution in [2.45, 2.75) is 33.5 Å². The van der Waals surface area contributed by atoms with Gasteiger partial charge >= 0.3 is 0 Å². The minimum Gasteiger partial charge on any atom is -0.487 e. The Morgan fingerprint density at radius 1 is 1.26 bits per heavy atom. The third-order valence-electron chi connectivity index (χ3n) is 2.77. The Bertz CT molecular complexity index is 492. The van der Waals surface area contributed by atoms with Crippen LogP contribution in [0.15, 0.2) is 30.7 Å². The molecule has 0 amide bonds. The highest BCUT2D eigenvalue weighted by atomic mass is 16.5. The fourth-order valence-electron chi connectivity index (χ4n) is 1.67. The molecule has 0 bridgehead atoms. The van der Waals surface area contributed by atoms with E-state index >= 15 is 0 Å². The maximum atomic E-state index is 5.67. The first kappa shape index (κ1) is 13.5. The van der Waals surface area contributed by atoms with E-state index in [1.807, 2.05) is 29.2 Å². The maximum Gasteiger partial charge on any atom is 0.138 e. The first-order valence-corrected chi connectivity index (χ1v) is 6.61. The molecule has 19 heavy (non-hydrogen) atoms. The van der Waals surface area contributed by atoms with Gasteiger partial charge < -0.3 is 10.1 Å². The number of rotatable bonds is 7. The smallest absolute Gasteiger partial charge is 0.138 e. The van der Waals surface area contributed by atoms with Crippen molar-refractivity contribution in [1.82, 2.24) is 20.1 Å². The summed E-state index contributed by atoms with van der Waals surface area (Å²) < 4.78 is 7.56. The van der Waals surface area contributed by atoms with Gasteiger partial charge in [-0.2, -0.15) is 5.10 Å². The van der Waals surface area contributed by atoms with Gasteiger partial charge in [-0.25, -0.2) is 0 Å². The van der Waals surface area contributed by atoms with Gasteiger partial charge in [0.05, 0.1) is 18.1 Å². The average molecular weight is 260 g/mol. The van der Waals surface area contributed by atoms with Crippen LogP contribution in [0, 0.1) is 0 Å². The topological polar surface area (TPSA) is 52.0 Å². The minimum absolute atomic E-state index is 0.522. The molecule has 1 N–H and O–H groups in total. The zero-order valence-electron chi connectivity index (χ0n) is 11.5. The average Bonchev–Trinajstić information content (AvgIpc) is 2.92. The summed E-state index contributed by atoms with van der Waals surface area (Å²) in [4.78, 5) is 4.34. The van der Waals surface area contributed by atoms with Gasteiger partial charge in [0.15, 0.2) is 0 Å². The second-order valence-electron chi connectivity index (χ2n) is 4.26. The fourth-order valence-corrected chi connectivity index (χ4v) is 1.67. The maximum absolute atomic E-state index is 5.67. The van der Waals surface area contributed by atoms with Gasteiger partial charge in [-0.05, 0) is 25.6 Å². The zero-order valence-corrected chi connectivity index (χ0v) is 11.5. The molecule has 102 valence electrons. The quantitative estimate of drug-likeness (QED) is 0.827. The summed E-state index contributed by atoms with van der Waals surface area (Å²) in [5.41, 5.74) is 2.09. The molecule has 0 aliphatic rings. The van der Waals surface area contributed by atoms with E-state index in [2.05, 4.69) is 29.2 Å². The van der Waals surface area contributed by atoms with Gasteiger partial charge in [0, 0.05) is 24.8 Å². The predicted octanol–water partition coefficient (Wildman–Crippen LogP) is 1.99. The van der Waals surface area contributed by atoms with Gasteiger partial charge in [0.2, 0.25) is 0 Å². The standard InChI is InChI=1S/C14H20N4O/c1-3-15-8-13-5-6-14(9-16-13)19-11-12-7-17-18(4-2)10-12/h5-7,9-10,15H,3-4,8,11H2,1-2H3. The number of aryl methyl sites for hydroxylation is 1. The third-order valence-corrected chi connectivity index (χ3v) is 2.77. The summed E-state index contributed by atoms with van der Waals surface area (Å²) in [6.45, 7) is 7.27. The summed E-state index contributed by atoms with van der Waals surface area (Å²) in [5, 5.41) is 7.44.